The average Bonchev–Trinajstić information content (AvgIpc) is 2.35. The lowest BCUT2D eigenvalue weighted by Gasteiger charge is -2.31. The van der Waals surface area contributed by atoms with Gasteiger partial charge in [-0.1, -0.05) is 13.8 Å². The monoisotopic (exact) mass is 182 g/mol. The Morgan fingerprint density at radius 1 is 1.54 bits per heavy atom. The predicted molar refractivity (Wildman–Crippen MR) is 46.2 cm³/mol. The minimum atomic E-state index is -1.06. The number of carbonyl (C=O) groups excluding carboxylic acids is 1. The molecule has 0 aromatic heterocycles. The van der Waals surface area contributed by atoms with E-state index < -0.39 is 11.4 Å². The van der Waals surface area contributed by atoms with Crippen LogP contribution in [-0.2, 0) is 9.59 Å². The molecule has 2 saturated carbocycles. The molecule has 0 aromatic carbocycles. The van der Waals surface area contributed by atoms with Gasteiger partial charge in [0.05, 0.1) is 0 Å². The van der Waals surface area contributed by atoms with Crippen molar-refractivity contribution in [2.24, 2.45) is 16.7 Å². The molecule has 0 amide bonds. The minimum absolute atomic E-state index is 0.0544. The quantitative estimate of drug-likeness (QED) is 0.625. The van der Waals surface area contributed by atoms with E-state index in [0.717, 1.165) is 6.42 Å². The number of Topliss-reactive ketones (excluding diaryl/α,β-unsaturated/α-hetero) is 1. The molecular formula is C10H14O3. The fourth-order valence-electron chi connectivity index (χ4n) is 3.18. The first-order valence-electron chi connectivity index (χ1n) is 4.69. The van der Waals surface area contributed by atoms with Crippen LogP contribution in [0, 0.1) is 16.7 Å². The topological polar surface area (TPSA) is 54.4 Å². The summed E-state index contributed by atoms with van der Waals surface area (Å²) in [5.74, 6) is -0.681. The number of rotatable bonds is 1. The van der Waals surface area contributed by atoms with Crippen molar-refractivity contribution in [3.05, 3.63) is 0 Å². The number of fused-ring (bicyclic) bond motifs is 2. The molecule has 2 fully saturated rings. The van der Waals surface area contributed by atoms with Crippen LogP contribution in [0.1, 0.15) is 33.1 Å². The van der Waals surface area contributed by atoms with Crippen LogP contribution in [0.3, 0.4) is 0 Å². The van der Waals surface area contributed by atoms with Crippen LogP contribution in [0.15, 0.2) is 0 Å². The molecule has 2 atom stereocenters. The summed E-state index contributed by atoms with van der Waals surface area (Å²) in [7, 11) is 0. The number of aliphatic carboxylic acids is 1. The van der Waals surface area contributed by atoms with Crippen molar-refractivity contribution in [2.75, 3.05) is 0 Å². The van der Waals surface area contributed by atoms with Gasteiger partial charge in [0.25, 0.3) is 0 Å². The van der Waals surface area contributed by atoms with E-state index >= 15 is 0 Å². The van der Waals surface area contributed by atoms with E-state index in [1.165, 1.54) is 0 Å². The van der Waals surface area contributed by atoms with Gasteiger partial charge in [-0.05, 0) is 24.2 Å². The van der Waals surface area contributed by atoms with E-state index in [0.29, 0.717) is 12.8 Å². The van der Waals surface area contributed by atoms with Gasteiger partial charge in [-0.15, -0.1) is 0 Å². The van der Waals surface area contributed by atoms with Crippen LogP contribution in [0.4, 0.5) is 0 Å². The van der Waals surface area contributed by atoms with Crippen LogP contribution in [-0.4, -0.2) is 16.9 Å². The summed E-state index contributed by atoms with van der Waals surface area (Å²) < 4.78 is 0. The first-order chi connectivity index (χ1) is 5.93. The van der Waals surface area contributed by atoms with Crippen LogP contribution in [0.5, 0.6) is 0 Å². The van der Waals surface area contributed by atoms with Gasteiger partial charge >= 0.3 is 5.97 Å². The first kappa shape index (κ1) is 8.73. The van der Waals surface area contributed by atoms with Crippen molar-refractivity contribution in [1.29, 1.82) is 0 Å². The third-order valence-corrected chi connectivity index (χ3v) is 4.26. The third kappa shape index (κ3) is 0.713. The van der Waals surface area contributed by atoms with Gasteiger partial charge in [0.1, 0.15) is 5.41 Å². The van der Waals surface area contributed by atoms with E-state index in [9.17, 15) is 14.7 Å². The van der Waals surface area contributed by atoms with E-state index in [-0.39, 0.29) is 17.1 Å². The van der Waals surface area contributed by atoms with Crippen LogP contribution < -0.4 is 0 Å². The molecule has 1 unspecified atom stereocenters. The number of carboxylic acids is 1. The zero-order valence-corrected chi connectivity index (χ0v) is 7.96. The van der Waals surface area contributed by atoms with E-state index in [2.05, 4.69) is 0 Å². The Bertz CT molecular complexity index is 293. The molecule has 0 heterocycles. The second kappa shape index (κ2) is 2.14. The standard InChI is InChI=1S/C10H14O3/c1-9(2)6-3-4-10(9,8(12)13)7(11)5-6/h6H,3-5H2,1-2H3,(H,12,13)/t6-,10?/m1/s1. The predicted octanol–water partition coefficient (Wildman–Crippen LogP) is 1.47. The molecule has 0 saturated heterocycles. The molecule has 2 bridgehead atoms. The van der Waals surface area contributed by atoms with Crippen molar-refractivity contribution in [3.63, 3.8) is 0 Å². The molecule has 0 aromatic rings. The maximum absolute atomic E-state index is 11.6. The van der Waals surface area contributed by atoms with Gasteiger partial charge in [0, 0.05) is 6.42 Å². The molecule has 72 valence electrons. The highest BCUT2D eigenvalue weighted by molar-refractivity contribution is 6.06. The second-order valence-corrected chi connectivity index (χ2v) is 4.80. The summed E-state index contributed by atoms with van der Waals surface area (Å²) in [6, 6.07) is 0. The number of hydrogen-bond acceptors (Lipinski definition) is 2. The molecule has 0 spiro atoms. The Hall–Kier alpha value is -0.860. The summed E-state index contributed by atoms with van der Waals surface area (Å²) in [5, 5.41) is 9.18. The number of hydrogen-bond donors (Lipinski definition) is 1. The van der Waals surface area contributed by atoms with Crippen molar-refractivity contribution in [2.45, 2.75) is 33.1 Å². The van der Waals surface area contributed by atoms with E-state index in [1.54, 1.807) is 0 Å². The SMILES string of the molecule is CC1(C)[C@@H]2CCC1(C(=O)O)C(=O)C2. The Morgan fingerprint density at radius 2 is 2.15 bits per heavy atom. The minimum Gasteiger partial charge on any atom is -0.480 e. The van der Waals surface area contributed by atoms with Gasteiger partial charge in [-0.25, -0.2) is 0 Å². The second-order valence-electron chi connectivity index (χ2n) is 4.80. The van der Waals surface area contributed by atoms with Crippen molar-refractivity contribution in [3.8, 4) is 0 Å². The number of carbonyl (C=O) groups is 2. The van der Waals surface area contributed by atoms with E-state index in [1.807, 2.05) is 13.8 Å². The van der Waals surface area contributed by atoms with Crippen LogP contribution in [0.25, 0.3) is 0 Å². The number of ketones is 1. The normalized spacial score (nSPS) is 41.1. The van der Waals surface area contributed by atoms with Gasteiger partial charge in [-0.2, -0.15) is 0 Å². The Balaban J connectivity index is 2.55. The molecule has 13 heavy (non-hydrogen) atoms. The molecule has 3 nitrogen and oxygen atoms in total. The largest absolute Gasteiger partial charge is 0.480 e. The lowest BCUT2D eigenvalue weighted by Crippen LogP contribution is -2.43. The zero-order chi connectivity index (χ0) is 9.85. The van der Waals surface area contributed by atoms with Gasteiger partial charge in [-0.3, -0.25) is 9.59 Å². The molecule has 1 N–H and O–H groups in total. The zero-order valence-electron chi connectivity index (χ0n) is 7.96. The fraction of sp³-hybridized carbons (Fsp3) is 0.800. The summed E-state index contributed by atoms with van der Waals surface area (Å²) in [6.45, 7) is 3.84. The van der Waals surface area contributed by atoms with Crippen molar-refractivity contribution >= 4 is 11.8 Å². The van der Waals surface area contributed by atoms with Gasteiger partial charge < -0.3 is 5.11 Å². The highest BCUT2D eigenvalue weighted by atomic mass is 16.4. The molecule has 2 rings (SSSR count). The Kier molecular flexibility index (Phi) is 1.44. The molecule has 3 heteroatoms. The smallest absolute Gasteiger partial charge is 0.317 e. The summed E-state index contributed by atoms with van der Waals surface area (Å²) >= 11 is 0. The Morgan fingerprint density at radius 3 is 2.38 bits per heavy atom. The average molecular weight is 182 g/mol. The lowest BCUT2D eigenvalue weighted by molar-refractivity contribution is -0.158. The van der Waals surface area contributed by atoms with E-state index in [4.69, 9.17) is 0 Å². The van der Waals surface area contributed by atoms with Gasteiger partial charge in [0.2, 0.25) is 0 Å². The molecule has 0 radical (unpaired) electrons. The highest BCUT2D eigenvalue weighted by Gasteiger charge is 2.68. The summed E-state index contributed by atoms with van der Waals surface area (Å²) in [4.78, 5) is 22.8. The maximum atomic E-state index is 11.6. The van der Waals surface area contributed by atoms with Gasteiger partial charge in [0.15, 0.2) is 5.78 Å². The molecule has 2 aliphatic rings. The van der Waals surface area contributed by atoms with Crippen molar-refractivity contribution < 1.29 is 14.7 Å². The summed E-state index contributed by atoms with van der Waals surface area (Å²) in [6.07, 6.45) is 1.91. The lowest BCUT2D eigenvalue weighted by atomic mass is 9.69. The van der Waals surface area contributed by atoms with Crippen molar-refractivity contribution in [1.82, 2.24) is 0 Å². The van der Waals surface area contributed by atoms with Crippen LogP contribution in [0.2, 0.25) is 0 Å². The molecule has 0 aliphatic heterocycles. The Labute approximate surface area is 77.1 Å². The highest BCUT2D eigenvalue weighted by Crippen LogP contribution is 2.63. The summed E-state index contributed by atoms with van der Waals surface area (Å²) in [5.41, 5.74) is -1.40. The third-order valence-electron chi connectivity index (χ3n) is 4.26. The first-order valence-corrected chi connectivity index (χ1v) is 4.69. The van der Waals surface area contributed by atoms with Crippen LogP contribution >= 0.6 is 0 Å². The number of carboxylic acid groups (broad SMARTS) is 1. The molecular weight excluding hydrogens is 168 g/mol. The maximum Gasteiger partial charge on any atom is 0.317 e. The fourth-order valence-corrected chi connectivity index (χ4v) is 3.18. The molecule has 2 aliphatic carbocycles.